The number of nitrogens with one attached hydrogen (secondary N) is 1. The van der Waals surface area contributed by atoms with Crippen LogP contribution in [-0.4, -0.2) is 42.4 Å². The Morgan fingerprint density at radius 1 is 1.12 bits per heavy atom. The van der Waals surface area contributed by atoms with E-state index >= 15 is 0 Å². The van der Waals surface area contributed by atoms with E-state index in [9.17, 15) is 27.6 Å². The number of ether oxygens (including phenoxy) is 1. The lowest BCUT2D eigenvalue weighted by molar-refractivity contribution is -0.151. The Labute approximate surface area is 141 Å². The summed E-state index contributed by atoms with van der Waals surface area (Å²) in [4.78, 5) is 36.5. The molecule has 136 valence electrons. The molecule has 2 rings (SSSR count). The second-order valence-corrected chi connectivity index (χ2v) is 5.56. The first kappa shape index (κ1) is 18.8. The third-order valence-corrected chi connectivity index (χ3v) is 3.66. The van der Waals surface area contributed by atoms with Crippen molar-refractivity contribution in [2.24, 2.45) is 0 Å². The zero-order valence-corrected chi connectivity index (χ0v) is 13.3. The van der Waals surface area contributed by atoms with E-state index in [1.165, 1.54) is 4.90 Å². The molecule has 1 aliphatic heterocycles. The van der Waals surface area contributed by atoms with Crippen molar-refractivity contribution in [3.63, 3.8) is 0 Å². The predicted molar refractivity (Wildman–Crippen MR) is 81.0 cm³/mol. The van der Waals surface area contributed by atoms with Gasteiger partial charge in [0, 0.05) is 13.0 Å². The lowest BCUT2D eigenvalue weighted by atomic mass is 10.2. The highest BCUT2D eigenvalue weighted by Crippen LogP contribution is 2.19. The van der Waals surface area contributed by atoms with Crippen LogP contribution in [-0.2, 0) is 19.1 Å². The number of benzene rings is 1. The number of amides is 2. The highest BCUT2D eigenvalue weighted by molar-refractivity contribution is 5.93. The van der Waals surface area contributed by atoms with Crippen molar-refractivity contribution in [3.05, 3.63) is 29.6 Å². The average molecular weight is 358 g/mol. The molecule has 0 aromatic heterocycles. The highest BCUT2D eigenvalue weighted by Gasteiger charge is 2.21. The van der Waals surface area contributed by atoms with Crippen molar-refractivity contribution in [1.29, 1.82) is 0 Å². The molecule has 0 atom stereocenters. The van der Waals surface area contributed by atoms with Gasteiger partial charge in [0.15, 0.2) is 24.1 Å². The number of esters is 1. The monoisotopic (exact) mass is 358 g/mol. The van der Waals surface area contributed by atoms with Gasteiger partial charge in [-0.15, -0.1) is 0 Å². The molecule has 0 radical (unpaired) electrons. The molecule has 1 fully saturated rings. The molecule has 1 N–H and O–H groups in total. The van der Waals surface area contributed by atoms with E-state index in [0.29, 0.717) is 19.0 Å². The van der Waals surface area contributed by atoms with Gasteiger partial charge in [0.25, 0.3) is 5.91 Å². The molecule has 0 saturated carbocycles. The minimum absolute atomic E-state index is 0.150. The maximum Gasteiger partial charge on any atom is 0.326 e. The van der Waals surface area contributed by atoms with Gasteiger partial charge in [-0.25, -0.2) is 13.2 Å². The Bertz CT molecular complexity index is 682. The molecule has 25 heavy (non-hydrogen) atoms. The Morgan fingerprint density at radius 3 is 2.64 bits per heavy atom. The molecule has 1 heterocycles. The SMILES string of the molecule is O=C(COC(=O)CN1CCCCCC1=O)Nc1ccc(F)c(F)c1F. The zero-order chi connectivity index (χ0) is 18.4. The van der Waals surface area contributed by atoms with Crippen LogP contribution in [0.25, 0.3) is 0 Å². The Morgan fingerprint density at radius 2 is 1.88 bits per heavy atom. The molecule has 0 aliphatic carbocycles. The number of hydrogen-bond acceptors (Lipinski definition) is 4. The van der Waals surface area contributed by atoms with E-state index in [4.69, 9.17) is 4.74 Å². The maximum atomic E-state index is 13.4. The van der Waals surface area contributed by atoms with Crippen LogP contribution in [0.2, 0.25) is 0 Å². The Kier molecular flexibility index (Phi) is 6.37. The van der Waals surface area contributed by atoms with Gasteiger partial charge in [-0.1, -0.05) is 6.42 Å². The normalized spacial score (nSPS) is 14.8. The van der Waals surface area contributed by atoms with Crippen molar-refractivity contribution in [2.45, 2.75) is 25.7 Å². The standard InChI is InChI=1S/C16H17F3N2O4/c17-10-5-6-11(16(19)15(10)18)20-12(22)9-25-14(24)8-21-7-3-1-2-4-13(21)23/h5-6H,1-4,7-9H2,(H,20,22). The third kappa shape index (κ3) is 5.20. The Balaban J connectivity index is 1.82. The molecule has 6 nitrogen and oxygen atoms in total. The number of carbonyl (C=O) groups excluding carboxylic acids is 3. The molecular weight excluding hydrogens is 341 g/mol. The predicted octanol–water partition coefficient (Wildman–Crippen LogP) is 1.99. The molecule has 1 aliphatic rings. The number of rotatable bonds is 5. The minimum atomic E-state index is -1.71. The molecule has 0 unspecified atom stereocenters. The second-order valence-electron chi connectivity index (χ2n) is 5.56. The summed E-state index contributed by atoms with van der Waals surface area (Å²) in [6.07, 6.45) is 2.82. The van der Waals surface area contributed by atoms with Gasteiger partial charge < -0.3 is 15.0 Å². The van der Waals surface area contributed by atoms with E-state index in [2.05, 4.69) is 0 Å². The van der Waals surface area contributed by atoms with Gasteiger partial charge in [-0.2, -0.15) is 0 Å². The smallest absolute Gasteiger partial charge is 0.326 e. The number of nitrogens with zero attached hydrogens (tertiary/aromatic N) is 1. The second kappa shape index (κ2) is 8.50. The topological polar surface area (TPSA) is 75.7 Å². The van der Waals surface area contributed by atoms with Crippen LogP contribution < -0.4 is 5.32 Å². The third-order valence-electron chi connectivity index (χ3n) is 3.66. The van der Waals surface area contributed by atoms with Crippen molar-refractivity contribution in [2.75, 3.05) is 25.0 Å². The van der Waals surface area contributed by atoms with Gasteiger partial charge in [-0.05, 0) is 25.0 Å². The van der Waals surface area contributed by atoms with Crippen LogP contribution in [0.4, 0.5) is 18.9 Å². The number of anilines is 1. The van der Waals surface area contributed by atoms with Crippen LogP contribution >= 0.6 is 0 Å². The highest BCUT2D eigenvalue weighted by atomic mass is 19.2. The van der Waals surface area contributed by atoms with Gasteiger partial charge in [0.05, 0.1) is 5.69 Å². The summed E-state index contributed by atoms with van der Waals surface area (Å²) >= 11 is 0. The van der Waals surface area contributed by atoms with Crippen LogP contribution in [0.3, 0.4) is 0 Å². The van der Waals surface area contributed by atoms with Crippen LogP contribution in [0.1, 0.15) is 25.7 Å². The summed E-state index contributed by atoms with van der Waals surface area (Å²) in [6, 6.07) is 1.51. The molecular formula is C16H17F3N2O4. The fourth-order valence-corrected chi connectivity index (χ4v) is 2.36. The van der Waals surface area contributed by atoms with Crippen LogP contribution in [0.5, 0.6) is 0 Å². The van der Waals surface area contributed by atoms with Gasteiger partial charge in [-0.3, -0.25) is 14.4 Å². The summed E-state index contributed by atoms with van der Waals surface area (Å²) < 4.78 is 44.0. The molecule has 0 bridgehead atoms. The van der Waals surface area contributed by atoms with Crippen LogP contribution in [0.15, 0.2) is 12.1 Å². The molecule has 1 saturated heterocycles. The van der Waals surface area contributed by atoms with Gasteiger partial charge in [0.1, 0.15) is 6.54 Å². The molecule has 1 aromatic carbocycles. The molecule has 9 heteroatoms. The fourth-order valence-electron chi connectivity index (χ4n) is 2.36. The Hall–Kier alpha value is -2.58. The first-order chi connectivity index (χ1) is 11.9. The van der Waals surface area contributed by atoms with E-state index in [-0.39, 0.29) is 12.5 Å². The lowest BCUT2D eigenvalue weighted by Crippen LogP contribution is -2.36. The number of hydrogen-bond donors (Lipinski definition) is 1. The first-order valence-corrected chi connectivity index (χ1v) is 7.75. The van der Waals surface area contributed by atoms with Crippen molar-refractivity contribution in [3.8, 4) is 0 Å². The van der Waals surface area contributed by atoms with E-state index in [1.807, 2.05) is 5.32 Å². The largest absolute Gasteiger partial charge is 0.454 e. The fraction of sp³-hybridized carbons (Fsp3) is 0.438. The van der Waals surface area contributed by atoms with Gasteiger partial charge >= 0.3 is 5.97 Å². The number of likely N-dealkylation sites (tertiary alicyclic amines) is 1. The quantitative estimate of drug-likeness (QED) is 0.645. The first-order valence-electron chi connectivity index (χ1n) is 7.75. The van der Waals surface area contributed by atoms with E-state index in [0.717, 1.165) is 25.3 Å². The van der Waals surface area contributed by atoms with E-state index < -0.39 is 41.6 Å². The van der Waals surface area contributed by atoms with Crippen molar-refractivity contribution < 1.29 is 32.3 Å². The number of carbonyl (C=O) groups is 3. The zero-order valence-electron chi connectivity index (χ0n) is 13.3. The summed E-state index contributed by atoms with van der Waals surface area (Å²) in [6.45, 7) is -0.564. The lowest BCUT2D eigenvalue weighted by Gasteiger charge is -2.19. The van der Waals surface area contributed by atoms with Gasteiger partial charge in [0.2, 0.25) is 5.91 Å². The maximum absolute atomic E-state index is 13.4. The van der Waals surface area contributed by atoms with E-state index in [1.54, 1.807) is 0 Å². The molecule has 0 spiro atoms. The summed E-state index contributed by atoms with van der Waals surface area (Å²) in [5.41, 5.74) is -0.567. The summed E-state index contributed by atoms with van der Waals surface area (Å²) in [5.74, 6) is -6.49. The summed E-state index contributed by atoms with van der Waals surface area (Å²) in [5, 5.41) is 1.98. The van der Waals surface area contributed by atoms with Crippen molar-refractivity contribution >= 4 is 23.5 Å². The van der Waals surface area contributed by atoms with Crippen molar-refractivity contribution in [1.82, 2.24) is 4.90 Å². The number of halogens is 3. The molecule has 2 amide bonds. The molecule has 1 aromatic rings. The summed E-state index contributed by atoms with van der Waals surface area (Å²) in [7, 11) is 0. The average Bonchev–Trinajstić information content (AvgIpc) is 2.78. The van der Waals surface area contributed by atoms with Crippen LogP contribution in [0, 0.1) is 17.5 Å². The minimum Gasteiger partial charge on any atom is -0.454 e.